The molecule has 5 nitrogen and oxygen atoms in total. The smallest absolute Gasteiger partial charge is 0.337 e. The topological polar surface area (TPSA) is 64.6 Å². The Morgan fingerprint density at radius 2 is 1.80 bits per heavy atom. The summed E-state index contributed by atoms with van der Waals surface area (Å²) in [6.07, 6.45) is 2.12. The molecule has 2 aromatic carbocycles. The van der Waals surface area contributed by atoms with Gasteiger partial charge in [-0.05, 0) is 43.0 Å². The van der Waals surface area contributed by atoms with Gasteiger partial charge in [-0.15, -0.1) is 0 Å². The summed E-state index contributed by atoms with van der Waals surface area (Å²) in [6, 6.07) is 17.1. The lowest BCUT2D eigenvalue weighted by molar-refractivity contribution is -0.140. The van der Waals surface area contributed by atoms with Crippen molar-refractivity contribution < 1.29 is 19.1 Å². The highest BCUT2D eigenvalue weighted by molar-refractivity contribution is 6.03. The number of rotatable bonds is 5. The van der Waals surface area contributed by atoms with Crippen molar-refractivity contribution in [3.05, 3.63) is 88.3 Å². The van der Waals surface area contributed by atoms with E-state index in [1.807, 2.05) is 61.5 Å². The number of carbonyl (C=O) groups is 2. The molecule has 5 heteroatoms. The van der Waals surface area contributed by atoms with Gasteiger partial charge in [0.05, 0.1) is 12.7 Å². The molecule has 1 atom stereocenters. The molecular formula is C25H25NO4. The number of carbonyl (C=O) groups excluding carboxylic acids is 2. The number of nitrogens with one attached hydrogen (secondary N) is 1. The Morgan fingerprint density at radius 3 is 2.50 bits per heavy atom. The maximum absolute atomic E-state index is 13.2. The Bertz CT molecular complexity index is 1020. The number of hydrogen-bond acceptors (Lipinski definition) is 5. The summed E-state index contributed by atoms with van der Waals surface area (Å²) in [6.45, 7) is 2.06. The number of ketones is 1. The summed E-state index contributed by atoms with van der Waals surface area (Å²) in [5.41, 5.74) is 4.63. The number of esters is 1. The Balaban J connectivity index is 1.70. The molecule has 1 heterocycles. The van der Waals surface area contributed by atoms with E-state index in [2.05, 4.69) is 5.32 Å². The van der Waals surface area contributed by atoms with E-state index >= 15 is 0 Å². The van der Waals surface area contributed by atoms with E-state index in [1.54, 1.807) is 7.11 Å². The van der Waals surface area contributed by atoms with Crippen LogP contribution in [-0.4, -0.2) is 18.9 Å². The highest BCUT2D eigenvalue weighted by atomic mass is 16.5. The predicted molar refractivity (Wildman–Crippen MR) is 114 cm³/mol. The molecule has 1 aliphatic heterocycles. The van der Waals surface area contributed by atoms with Crippen LogP contribution < -0.4 is 10.1 Å². The largest absolute Gasteiger partial charge is 0.497 e. The van der Waals surface area contributed by atoms with E-state index in [-0.39, 0.29) is 12.4 Å². The van der Waals surface area contributed by atoms with Gasteiger partial charge in [0.1, 0.15) is 12.4 Å². The van der Waals surface area contributed by atoms with Crippen molar-refractivity contribution >= 4 is 11.8 Å². The zero-order valence-electron chi connectivity index (χ0n) is 17.2. The van der Waals surface area contributed by atoms with Gasteiger partial charge in [0.2, 0.25) is 0 Å². The number of ether oxygens (including phenoxy) is 2. The predicted octanol–water partition coefficient (Wildman–Crippen LogP) is 4.41. The van der Waals surface area contributed by atoms with E-state index in [0.717, 1.165) is 41.1 Å². The summed E-state index contributed by atoms with van der Waals surface area (Å²) < 4.78 is 10.9. The van der Waals surface area contributed by atoms with Gasteiger partial charge in [-0.2, -0.15) is 0 Å². The highest BCUT2D eigenvalue weighted by Gasteiger charge is 2.39. The van der Waals surface area contributed by atoms with E-state index in [9.17, 15) is 9.59 Å². The molecule has 0 radical (unpaired) electrons. The van der Waals surface area contributed by atoms with Crippen LogP contribution in [0.3, 0.4) is 0 Å². The fourth-order valence-corrected chi connectivity index (χ4v) is 4.18. The van der Waals surface area contributed by atoms with Gasteiger partial charge in [0, 0.05) is 29.3 Å². The molecule has 1 N–H and O–H groups in total. The third-order valence-electron chi connectivity index (χ3n) is 5.66. The van der Waals surface area contributed by atoms with Crippen LogP contribution in [0.4, 0.5) is 0 Å². The first-order chi connectivity index (χ1) is 14.6. The number of allylic oxidation sites excluding steroid dienone is 3. The van der Waals surface area contributed by atoms with Gasteiger partial charge in [-0.3, -0.25) is 4.79 Å². The zero-order valence-corrected chi connectivity index (χ0v) is 17.2. The fraction of sp³-hybridized carbons (Fsp3) is 0.280. The third-order valence-corrected chi connectivity index (χ3v) is 5.66. The molecule has 2 aromatic rings. The van der Waals surface area contributed by atoms with Gasteiger partial charge in [-0.1, -0.05) is 42.5 Å². The summed E-state index contributed by atoms with van der Waals surface area (Å²) in [5.74, 6) is -0.0333. The van der Waals surface area contributed by atoms with Crippen molar-refractivity contribution in [3.8, 4) is 5.75 Å². The first-order valence-corrected chi connectivity index (χ1v) is 10.2. The van der Waals surface area contributed by atoms with E-state index < -0.39 is 11.9 Å². The van der Waals surface area contributed by atoms with Gasteiger partial charge in [0.25, 0.3) is 0 Å². The van der Waals surface area contributed by atoms with Crippen molar-refractivity contribution in [2.24, 2.45) is 0 Å². The first-order valence-electron chi connectivity index (χ1n) is 10.2. The average molecular weight is 403 g/mol. The molecule has 30 heavy (non-hydrogen) atoms. The van der Waals surface area contributed by atoms with Crippen LogP contribution in [0.25, 0.3) is 0 Å². The standard InChI is InChI=1S/C25H25NO4/c1-16-22(25(28)30-15-17-7-4-3-5-8-17)23(18-11-13-19(29-2)14-12-18)24-20(26-16)9-6-10-21(24)27/h3-5,7-8,11-14,23,26H,6,9-10,15H2,1-2H3. The van der Waals surface area contributed by atoms with Crippen LogP contribution in [0.5, 0.6) is 5.75 Å². The van der Waals surface area contributed by atoms with Crippen LogP contribution in [0.2, 0.25) is 0 Å². The second kappa shape index (κ2) is 8.57. The maximum atomic E-state index is 13.2. The third kappa shape index (κ3) is 3.88. The maximum Gasteiger partial charge on any atom is 0.337 e. The number of methoxy groups -OCH3 is 1. The lowest BCUT2D eigenvalue weighted by Crippen LogP contribution is -2.34. The monoisotopic (exact) mass is 403 g/mol. The Labute approximate surface area is 176 Å². The molecule has 0 fully saturated rings. The Hall–Kier alpha value is -3.34. The SMILES string of the molecule is COc1ccc(C2C(C(=O)OCc3ccccc3)=C(C)NC3=C2C(=O)CCC3)cc1. The lowest BCUT2D eigenvalue weighted by Gasteiger charge is -2.34. The van der Waals surface area contributed by atoms with Crippen LogP contribution in [-0.2, 0) is 20.9 Å². The molecule has 0 spiro atoms. The number of dihydropyridines is 1. The molecule has 1 unspecified atom stereocenters. The summed E-state index contributed by atoms with van der Waals surface area (Å²) in [4.78, 5) is 26.1. The minimum Gasteiger partial charge on any atom is -0.497 e. The van der Waals surface area contributed by atoms with Crippen molar-refractivity contribution in [1.82, 2.24) is 5.32 Å². The summed E-state index contributed by atoms with van der Waals surface area (Å²) >= 11 is 0. The molecule has 0 bridgehead atoms. The molecule has 4 rings (SSSR count). The quantitative estimate of drug-likeness (QED) is 0.750. The van der Waals surface area contributed by atoms with Crippen molar-refractivity contribution in [2.75, 3.05) is 7.11 Å². The van der Waals surface area contributed by atoms with Crippen molar-refractivity contribution in [2.45, 2.75) is 38.7 Å². The fourth-order valence-electron chi connectivity index (χ4n) is 4.18. The molecule has 0 amide bonds. The normalized spacial score (nSPS) is 18.6. The van der Waals surface area contributed by atoms with E-state index in [1.165, 1.54) is 0 Å². The number of Topliss-reactive ketones (excluding diaryl/α,β-unsaturated/α-hetero) is 1. The van der Waals surface area contributed by atoms with Crippen LogP contribution in [0, 0.1) is 0 Å². The second-order valence-corrected chi connectivity index (χ2v) is 7.60. The zero-order chi connectivity index (χ0) is 21.1. The number of hydrogen-bond donors (Lipinski definition) is 1. The molecule has 2 aliphatic rings. The minimum atomic E-state index is -0.441. The van der Waals surface area contributed by atoms with Gasteiger partial charge < -0.3 is 14.8 Å². The van der Waals surface area contributed by atoms with Gasteiger partial charge in [-0.25, -0.2) is 4.79 Å². The molecule has 0 aromatic heterocycles. The summed E-state index contributed by atoms with van der Waals surface area (Å²) in [5, 5.41) is 3.31. The van der Waals surface area contributed by atoms with Gasteiger partial charge in [0.15, 0.2) is 5.78 Å². The van der Waals surface area contributed by atoms with E-state index in [4.69, 9.17) is 9.47 Å². The summed E-state index contributed by atoms with van der Waals surface area (Å²) in [7, 11) is 1.61. The molecular weight excluding hydrogens is 378 g/mol. The van der Waals surface area contributed by atoms with Crippen molar-refractivity contribution in [1.29, 1.82) is 0 Å². The molecule has 1 aliphatic carbocycles. The van der Waals surface area contributed by atoms with Crippen LogP contribution in [0.1, 0.15) is 43.2 Å². The van der Waals surface area contributed by atoms with E-state index in [0.29, 0.717) is 17.6 Å². The second-order valence-electron chi connectivity index (χ2n) is 7.60. The molecule has 0 saturated carbocycles. The van der Waals surface area contributed by atoms with Crippen molar-refractivity contribution in [3.63, 3.8) is 0 Å². The number of benzene rings is 2. The first kappa shape index (κ1) is 20.0. The highest BCUT2D eigenvalue weighted by Crippen LogP contribution is 2.42. The minimum absolute atomic E-state index is 0.0884. The Kier molecular flexibility index (Phi) is 5.70. The van der Waals surface area contributed by atoms with Crippen LogP contribution >= 0.6 is 0 Å². The molecule has 0 saturated heterocycles. The average Bonchev–Trinajstić information content (AvgIpc) is 2.77. The van der Waals surface area contributed by atoms with Gasteiger partial charge >= 0.3 is 5.97 Å². The van der Waals surface area contributed by atoms with Crippen LogP contribution in [0.15, 0.2) is 77.1 Å². The molecule has 154 valence electrons. The lowest BCUT2D eigenvalue weighted by atomic mass is 9.75. The Morgan fingerprint density at radius 1 is 1.07 bits per heavy atom.